The third-order valence-electron chi connectivity index (χ3n) is 3.44. The Labute approximate surface area is 94.6 Å². The van der Waals surface area contributed by atoms with Crippen LogP contribution in [-0.4, -0.2) is 13.2 Å². The highest BCUT2D eigenvalue weighted by Gasteiger charge is 2.46. The van der Waals surface area contributed by atoms with Crippen molar-refractivity contribution in [3.63, 3.8) is 0 Å². The highest BCUT2D eigenvalue weighted by atomic mass is 16.5. The van der Waals surface area contributed by atoms with Gasteiger partial charge in [0.25, 0.3) is 0 Å². The van der Waals surface area contributed by atoms with Crippen molar-refractivity contribution in [1.29, 1.82) is 5.26 Å². The summed E-state index contributed by atoms with van der Waals surface area (Å²) in [5, 5.41) is 8.96. The lowest BCUT2D eigenvalue weighted by atomic mass is 10.1. The highest BCUT2D eigenvalue weighted by molar-refractivity contribution is 5.51. The topological polar surface area (TPSA) is 42.2 Å². The van der Waals surface area contributed by atoms with Gasteiger partial charge in [0.15, 0.2) is 11.5 Å². The van der Waals surface area contributed by atoms with Crippen LogP contribution in [0.3, 0.4) is 0 Å². The number of aryl methyl sites for hydroxylation is 1. The molecule has 3 heteroatoms. The van der Waals surface area contributed by atoms with Crippen molar-refractivity contribution in [1.82, 2.24) is 0 Å². The van der Waals surface area contributed by atoms with E-state index < -0.39 is 0 Å². The summed E-state index contributed by atoms with van der Waals surface area (Å²) >= 11 is 0. The van der Waals surface area contributed by atoms with E-state index in [0.717, 1.165) is 17.9 Å². The molecule has 0 unspecified atom stereocenters. The molecule has 1 aliphatic carbocycles. The number of nitrogens with zero attached hydrogens (tertiary/aromatic N) is 1. The minimum absolute atomic E-state index is 0.250. The smallest absolute Gasteiger partial charge is 0.162 e. The second-order valence-electron chi connectivity index (χ2n) is 4.80. The van der Waals surface area contributed by atoms with Crippen LogP contribution in [-0.2, 0) is 0 Å². The zero-order valence-electron chi connectivity index (χ0n) is 9.25. The summed E-state index contributed by atoms with van der Waals surface area (Å²) in [6, 6.07) is 5.85. The van der Waals surface area contributed by atoms with Crippen molar-refractivity contribution in [2.24, 2.45) is 5.41 Å². The van der Waals surface area contributed by atoms with Crippen LogP contribution < -0.4 is 9.47 Å². The number of hydrogen-bond acceptors (Lipinski definition) is 3. The molecule has 1 fully saturated rings. The minimum Gasteiger partial charge on any atom is -0.489 e. The Balaban J connectivity index is 1.98. The van der Waals surface area contributed by atoms with E-state index in [1.807, 2.05) is 13.0 Å². The van der Waals surface area contributed by atoms with E-state index in [-0.39, 0.29) is 5.41 Å². The lowest BCUT2D eigenvalue weighted by Crippen LogP contribution is -2.17. The first-order valence-corrected chi connectivity index (χ1v) is 5.53. The standard InChI is InChI=1S/C13H13NO2/c1-9-4-11-12(5-10(9)6-14)16-8-13(2-3-13)7-15-11/h4-5H,2-3,7-8H2,1H3. The maximum atomic E-state index is 8.96. The molecule has 0 bridgehead atoms. The van der Waals surface area contributed by atoms with Crippen molar-refractivity contribution in [3.05, 3.63) is 23.3 Å². The third kappa shape index (κ3) is 1.42. The lowest BCUT2D eigenvalue weighted by molar-refractivity contribution is 0.197. The van der Waals surface area contributed by atoms with Crippen molar-refractivity contribution in [3.8, 4) is 17.6 Å². The third-order valence-corrected chi connectivity index (χ3v) is 3.44. The number of benzene rings is 1. The van der Waals surface area contributed by atoms with Gasteiger partial charge in [0.2, 0.25) is 0 Å². The molecule has 1 aliphatic heterocycles. The van der Waals surface area contributed by atoms with Crippen LogP contribution in [0.25, 0.3) is 0 Å². The molecule has 0 amide bonds. The fraction of sp³-hybridized carbons (Fsp3) is 0.462. The van der Waals surface area contributed by atoms with Crippen LogP contribution in [0, 0.1) is 23.7 Å². The van der Waals surface area contributed by atoms with Gasteiger partial charge in [0, 0.05) is 11.5 Å². The average Bonchev–Trinajstić information content (AvgIpc) is 3.07. The summed E-state index contributed by atoms with van der Waals surface area (Å²) in [6.45, 7) is 3.37. The Bertz CT molecular complexity index is 483. The Kier molecular flexibility index (Phi) is 1.88. The van der Waals surface area contributed by atoms with Gasteiger partial charge in [-0.1, -0.05) is 0 Å². The summed E-state index contributed by atoms with van der Waals surface area (Å²) < 4.78 is 11.5. The Morgan fingerprint density at radius 3 is 2.38 bits per heavy atom. The fourth-order valence-corrected chi connectivity index (χ4v) is 1.98. The summed E-state index contributed by atoms with van der Waals surface area (Å²) in [6.07, 6.45) is 2.37. The summed E-state index contributed by atoms with van der Waals surface area (Å²) in [4.78, 5) is 0. The molecule has 1 spiro atoms. The first-order valence-electron chi connectivity index (χ1n) is 5.53. The van der Waals surface area contributed by atoms with Gasteiger partial charge in [0.05, 0.1) is 24.8 Å². The molecule has 1 aromatic carbocycles. The first kappa shape index (κ1) is 9.53. The van der Waals surface area contributed by atoms with Crippen molar-refractivity contribution in [2.45, 2.75) is 19.8 Å². The van der Waals surface area contributed by atoms with Crippen molar-refractivity contribution >= 4 is 0 Å². The normalized spacial score (nSPS) is 20.0. The molecule has 0 N–H and O–H groups in total. The van der Waals surface area contributed by atoms with Gasteiger partial charge in [-0.2, -0.15) is 5.26 Å². The largest absolute Gasteiger partial charge is 0.489 e. The molecule has 1 saturated carbocycles. The lowest BCUT2D eigenvalue weighted by Gasteiger charge is -2.08. The Morgan fingerprint density at radius 2 is 1.81 bits per heavy atom. The van der Waals surface area contributed by atoms with Crippen molar-refractivity contribution in [2.75, 3.05) is 13.2 Å². The van der Waals surface area contributed by atoms with Crippen LogP contribution in [0.2, 0.25) is 0 Å². The molecule has 82 valence electrons. The highest BCUT2D eigenvalue weighted by Crippen LogP contribution is 2.49. The molecule has 0 radical (unpaired) electrons. The van der Waals surface area contributed by atoms with Crippen LogP contribution in [0.4, 0.5) is 0 Å². The van der Waals surface area contributed by atoms with E-state index in [4.69, 9.17) is 14.7 Å². The van der Waals surface area contributed by atoms with Crippen LogP contribution in [0.15, 0.2) is 12.1 Å². The quantitative estimate of drug-likeness (QED) is 0.667. The van der Waals surface area contributed by atoms with Gasteiger partial charge >= 0.3 is 0 Å². The molecule has 1 aromatic rings. The van der Waals surface area contributed by atoms with Crippen molar-refractivity contribution < 1.29 is 9.47 Å². The molecule has 3 rings (SSSR count). The van der Waals surface area contributed by atoms with Gasteiger partial charge in [-0.3, -0.25) is 0 Å². The predicted octanol–water partition coefficient (Wildman–Crippen LogP) is 2.42. The average molecular weight is 215 g/mol. The molecule has 16 heavy (non-hydrogen) atoms. The Hall–Kier alpha value is -1.69. The minimum atomic E-state index is 0.250. The van der Waals surface area contributed by atoms with E-state index in [0.29, 0.717) is 17.9 Å². The molecule has 2 aliphatic rings. The van der Waals surface area contributed by atoms with Gasteiger partial charge < -0.3 is 9.47 Å². The zero-order chi connectivity index (χ0) is 11.2. The molecule has 1 heterocycles. The summed E-state index contributed by atoms with van der Waals surface area (Å²) in [5.41, 5.74) is 1.85. The van der Waals surface area contributed by atoms with E-state index in [2.05, 4.69) is 6.07 Å². The second kappa shape index (κ2) is 3.15. The maximum absolute atomic E-state index is 8.96. The zero-order valence-corrected chi connectivity index (χ0v) is 9.25. The van der Waals surface area contributed by atoms with Gasteiger partial charge in [-0.25, -0.2) is 0 Å². The maximum Gasteiger partial charge on any atom is 0.162 e. The number of ether oxygens (including phenoxy) is 2. The van der Waals surface area contributed by atoms with Crippen LogP contribution >= 0.6 is 0 Å². The monoisotopic (exact) mass is 215 g/mol. The molecule has 0 saturated heterocycles. The van der Waals surface area contributed by atoms with Crippen LogP contribution in [0.5, 0.6) is 11.5 Å². The molecular formula is C13H13NO2. The number of nitriles is 1. The van der Waals surface area contributed by atoms with Gasteiger partial charge in [0.1, 0.15) is 0 Å². The second-order valence-corrected chi connectivity index (χ2v) is 4.80. The number of hydrogen-bond donors (Lipinski definition) is 0. The predicted molar refractivity (Wildman–Crippen MR) is 58.6 cm³/mol. The first-order chi connectivity index (χ1) is 7.72. The van der Waals surface area contributed by atoms with Gasteiger partial charge in [-0.15, -0.1) is 0 Å². The van der Waals surface area contributed by atoms with E-state index in [1.165, 1.54) is 12.8 Å². The number of rotatable bonds is 0. The van der Waals surface area contributed by atoms with Gasteiger partial charge in [-0.05, 0) is 31.4 Å². The molecule has 0 aromatic heterocycles. The van der Waals surface area contributed by atoms with E-state index in [1.54, 1.807) is 6.07 Å². The Morgan fingerprint density at radius 1 is 1.19 bits per heavy atom. The summed E-state index contributed by atoms with van der Waals surface area (Å²) in [7, 11) is 0. The molecular weight excluding hydrogens is 202 g/mol. The molecule has 0 atom stereocenters. The van der Waals surface area contributed by atoms with E-state index >= 15 is 0 Å². The number of fused-ring (bicyclic) bond motifs is 1. The molecule has 3 nitrogen and oxygen atoms in total. The fourth-order valence-electron chi connectivity index (χ4n) is 1.98. The van der Waals surface area contributed by atoms with E-state index in [9.17, 15) is 0 Å². The SMILES string of the molecule is Cc1cc2c(cc1C#N)OCC1(CC1)CO2. The summed E-state index contributed by atoms with van der Waals surface area (Å²) in [5.74, 6) is 1.49. The van der Waals surface area contributed by atoms with Crippen LogP contribution in [0.1, 0.15) is 24.0 Å².